The maximum absolute atomic E-state index is 12.5. The van der Waals surface area contributed by atoms with Gasteiger partial charge in [-0.1, -0.05) is 12.1 Å². The van der Waals surface area contributed by atoms with Crippen LogP contribution in [-0.4, -0.2) is 48.0 Å². The number of hydrogen-bond acceptors (Lipinski definition) is 4. The largest absolute Gasteiger partial charge is 0.444 e. The summed E-state index contributed by atoms with van der Waals surface area (Å²) in [5.74, 6) is -0.487. The summed E-state index contributed by atoms with van der Waals surface area (Å²) >= 11 is 0. The molecule has 0 radical (unpaired) electrons. The molecule has 0 aromatic heterocycles. The molecule has 2 atom stereocenters. The van der Waals surface area contributed by atoms with Crippen molar-refractivity contribution in [1.29, 1.82) is 0 Å². The summed E-state index contributed by atoms with van der Waals surface area (Å²) in [4.78, 5) is 38.0. The van der Waals surface area contributed by atoms with Gasteiger partial charge in [-0.25, -0.2) is 4.79 Å². The fourth-order valence-electron chi connectivity index (χ4n) is 3.11. The van der Waals surface area contributed by atoms with Crippen LogP contribution in [0.4, 0.5) is 4.79 Å². The van der Waals surface area contributed by atoms with Crippen LogP contribution in [0, 0.1) is 5.92 Å². The Morgan fingerprint density at radius 3 is 2.37 bits per heavy atom. The lowest BCUT2D eigenvalue weighted by Gasteiger charge is -2.28. The molecule has 0 bridgehead atoms. The van der Waals surface area contributed by atoms with E-state index < -0.39 is 5.60 Å². The van der Waals surface area contributed by atoms with Crippen LogP contribution in [0.5, 0.6) is 0 Å². The van der Waals surface area contributed by atoms with Gasteiger partial charge in [0.2, 0.25) is 5.91 Å². The Kier molecular flexibility index (Phi) is 6.46. The van der Waals surface area contributed by atoms with E-state index in [-0.39, 0.29) is 29.9 Å². The quantitative estimate of drug-likeness (QED) is 0.845. The van der Waals surface area contributed by atoms with Crippen LogP contribution in [0.15, 0.2) is 24.3 Å². The van der Waals surface area contributed by atoms with Crippen LogP contribution in [-0.2, 0) is 16.1 Å². The molecule has 0 saturated carbocycles. The molecule has 0 aliphatic carbocycles. The van der Waals surface area contributed by atoms with E-state index in [0.717, 1.165) is 5.56 Å². The van der Waals surface area contributed by atoms with Crippen molar-refractivity contribution in [2.45, 2.75) is 52.3 Å². The molecule has 148 valence electrons. The number of amides is 3. The van der Waals surface area contributed by atoms with E-state index in [1.165, 1.54) is 0 Å². The summed E-state index contributed by atoms with van der Waals surface area (Å²) in [6.45, 7) is 8.23. The molecule has 7 nitrogen and oxygen atoms in total. The van der Waals surface area contributed by atoms with Gasteiger partial charge in [-0.2, -0.15) is 0 Å². The highest BCUT2D eigenvalue weighted by Crippen LogP contribution is 2.26. The van der Waals surface area contributed by atoms with Crippen molar-refractivity contribution < 1.29 is 19.1 Å². The Balaban J connectivity index is 1.89. The third kappa shape index (κ3) is 5.45. The van der Waals surface area contributed by atoms with Gasteiger partial charge in [0.15, 0.2) is 0 Å². The van der Waals surface area contributed by atoms with Gasteiger partial charge in [-0.05, 0) is 51.8 Å². The molecule has 2 rings (SSSR count). The van der Waals surface area contributed by atoms with E-state index in [9.17, 15) is 14.4 Å². The molecule has 1 aromatic carbocycles. The topological polar surface area (TPSA) is 87.7 Å². The molecular weight excluding hydrogens is 346 g/mol. The Morgan fingerprint density at radius 2 is 1.81 bits per heavy atom. The molecule has 1 fully saturated rings. The lowest BCUT2D eigenvalue weighted by atomic mass is 10.0. The third-order valence-corrected chi connectivity index (χ3v) is 4.63. The zero-order valence-electron chi connectivity index (χ0n) is 16.7. The molecule has 27 heavy (non-hydrogen) atoms. The van der Waals surface area contributed by atoms with E-state index in [2.05, 4.69) is 10.6 Å². The number of ether oxygens (including phenoxy) is 1. The van der Waals surface area contributed by atoms with Crippen LogP contribution < -0.4 is 10.6 Å². The molecular formula is C20H29N3O4. The van der Waals surface area contributed by atoms with Gasteiger partial charge < -0.3 is 20.3 Å². The minimum Gasteiger partial charge on any atom is -0.444 e. The first kappa shape index (κ1) is 20.7. The second kappa shape index (κ2) is 8.41. The van der Waals surface area contributed by atoms with Crippen molar-refractivity contribution in [2.75, 3.05) is 13.6 Å². The molecule has 1 aliphatic rings. The molecule has 1 heterocycles. The number of benzene rings is 1. The van der Waals surface area contributed by atoms with Gasteiger partial charge in [0.25, 0.3) is 5.91 Å². The Bertz CT molecular complexity index is 694. The van der Waals surface area contributed by atoms with Crippen molar-refractivity contribution >= 4 is 17.9 Å². The third-order valence-electron chi connectivity index (χ3n) is 4.63. The number of carbonyl (C=O) groups excluding carboxylic acids is 3. The van der Waals surface area contributed by atoms with E-state index in [4.69, 9.17) is 4.74 Å². The SMILES string of the molecule is CNC(=O)c1ccc(CNC(=O)C2CCN(C(=O)OC(C)(C)C)C2C)cc1. The van der Waals surface area contributed by atoms with Crippen LogP contribution in [0.3, 0.4) is 0 Å². The minimum absolute atomic E-state index is 0.0797. The predicted octanol–water partition coefficient (Wildman–Crippen LogP) is 2.31. The minimum atomic E-state index is -0.558. The highest BCUT2D eigenvalue weighted by molar-refractivity contribution is 5.93. The Labute approximate surface area is 160 Å². The van der Waals surface area contributed by atoms with Gasteiger partial charge in [0.1, 0.15) is 5.60 Å². The molecule has 3 amide bonds. The van der Waals surface area contributed by atoms with E-state index >= 15 is 0 Å². The van der Waals surface area contributed by atoms with Gasteiger partial charge in [-0.3, -0.25) is 9.59 Å². The predicted molar refractivity (Wildman–Crippen MR) is 102 cm³/mol. The monoisotopic (exact) mass is 375 g/mol. The van der Waals surface area contributed by atoms with Gasteiger partial charge >= 0.3 is 6.09 Å². The number of carbonyl (C=O) groups is 3. The van der Waals surface area contributed by atoms with Gasteiger partial charge in [-0.15, -0.1) is 0 Å². The number of rotatable bonds is 4. The smallest absolute Gasteiger partial charge is 0.410 e. The van der Waals surface area contributed by atoms with Crippen molar-refractivity contribution in [3.05, 3.63) is 35.4 Å². The molecule has 2 N–H and O–H groups in total. The van der Waals surface area contributed by atoms with Crippen molar-refractivity contribution in [3.8, 4) is 0 Å². The van der Waals surface area contributed by atoms with Crippen molar-refractivity contribution in [3.63, 3.8) is 0 Å². The zero-order valence-corrected chi connectivity index (χ0v) is 16.7. The number of hydrogen-bond donors (Lipinski definition) is 2. The summed E-state index contributed by atoms with van der Waals surface area (Å²) in [7, 11) is 1.58. The van der Waals surface area contributed by atoms with E-state index in [0.29, 0.717) is 25.1 Å². The summed E-state index contributed by atoms with van der Waals surface area (Å²) < 4.78 is 5.41. The van der Waals surface area contributed by atoms with Crippen molar-refractivity contribution in [2.24, 2.45) is 5.92 Å². The highest BCUT2D eigenvalue weighted by atomic mass is 16.6. The first-order chi connectivity index (χ1) is 12.6. The van der Waals surface area contributed by atoms with Gasteiger partial charge in [0.05, 0.1) is 5.92 Å². The number of likely N-dealkylation sites (tertiary alicyclic amines) is 1. The molecule has 1 saturated heterocycles. The molecule has 7 heteroatoms. The summed E-state index contributed by atoms with van der Waals surface area (Å²) in [6, 6.07) is 6.87. The van der Waals surface area contributed by atoms with Crippen LogP contribution >= 0.6 is 0 Å². The Hall–Kier alpha value is -2.57. The Morgan fingerprint density at radius 1 is 1.19 bits per heavy atom. The lowest BCUT2D eigenvalue weighted by Crippen LogP contribution is -2.43. The molecule has 0 spiro atoms. The van der Waals surface area contributed by atoms with Gasteiger partial charge in [0, 0.05) is 31.7 Å². The second-order valence-corrected chi connectivity index (χ2v) is 7.80. The standard InChI is InChI=1S/C20H29N3O4/c1-13-16(10-11-23(13)19(26)27-20(2,3)4)18(25)22-12-14-6-8-15(9-7-14)17(24)21-5/h6-9,13,16H,10-12H2,1-5H3,(H,21,24)(H,22,25). The first-order valence-corrected chi connectivity index (χ1v) is 9.20. The van der Waals surface area contributed by atoms with Crippen molar-refractivity contribution in [1.82, 2.24) is 15.5 Å². The summed E-state index contributed by atoms with van der Waals surface area (Å²) in [5, 5.41) is 5.49. The van der Waals surface area contributed by atoms with E-state index in [1.807, 2.05) is 39.8 Å². The second-order valence-electron chi connectivity index (χ2n) is 7.80. The number of nitrogens with zero attached hydrogens (tertiary/aromatic N) is 1. The normalized spacial score (nSPS) is 19.5. The average Bonchev–Trinajstić information content (AvgIpc) is 2.99. The summed E-state index contributed by atoms with van der Waals surface area (Å²) in [5.41, 5.74) is 0.925. The molecule has 1 aromatic rings. The maximum atomic E-state index is 12.5. The maximum Gasteiger partial charge on any atom is 0.410 e. The van der Waals surface area contributed by atoms with Crippen LogP contribution in [0.25, 0.3) is 0 Å². The van der Waals surface area contributed by atoms with E-state index in [1.54, 1.807) is 24.1 Å². The fraction of sp³-hybridized carbons (Fsp3) is 0.550. The first-order valence-electron chi connectivity index (χ1n) is 9.20. The summed E-state index contributed by atoms with van der Waals surface area (Å²) in [6.07, 6.45) is 0.233. The fourth-order valence-corrected chi connectivity index (χ4v) is 3.11. The van der Waals surface area contributed by atoms with Crippen LogP contribution in [0.1, 0.15) is 50.0 Å². The molecule has 2 unspecified atom stereocenters. The number of nitrogens with one attached hydrogen (secondary N) is 2. The highest BCUT2D eigenvalue weighted by Gasteiger charge is 2.39. The lowest BCUT2D eigenvalue weighted by molar-refractivity contribution is -0.125. The molecule has 1 aliphatic heterocycles. The zero-order chi connectivity index (χ0) is 20.2. The average molecular weight is 375 g/mol. The van der Waals surface area contributed by atoms with Crippen LogP contribution in [0.2, 0.25) is 0 Å².